The molecule has 0 aromatic heterocycles. The van der Waals surface area contributed by atoms with Crippen LogP contribution in [0.25, 0.3) is 0 Å². The second kappa shape index (κ2) is 6.69. The minimum atomic E-state index is -3.10. The molecule has 0 unspecified atom stereocenters. The molecular formula is C15H22F2N4O2. The number of hydrogen-bond donors (Lipinski definition) is 2. The van der Waals surface area contributed by atoms with E-state index in [0.29, 0.717) is 20.0 Å². The van der Waals surface area contributed by atoms with E-state index in [-0.39, 0.29) is 12.0 Å². The van der Waals surface area contributed by atoms with Crippen LogP contribution in [0.5, 0.6) is 0 Å². The molecule has 128 valence electrons. The average molecular weight is 328 g/mol. The number of amides is 3. The molecule has 1 aliphatic carbocycles. The number of halogens is 2. The van der Waals surface area contributed by atoms with Gasteiger partial charge in [-0.15, -0.1) is 0 Å². The lowest BCUT2D eigenvalue weighted by Crippen LogP contribution is -2.54. The minimum Gasteiger partial charge on any atom is -0.341 e. The van der Waals surface area contributed by atoms with Gasteiger partial charge in [0.25, 0.3) is 0 Å². The van der Waals surface area contributed by atoms with Gasteiger partial charge >= 0.3 is 6.03 Å². The van der Waals surface area contributed by atoms with E-state index in [1.807, 2.05) is 0 Å². The number of hydrogen-bond acceptors (Lipinski definition) is 3. The van der Waals surface area contributed by atoms with Crippen molar-refractivity contribution < 1.29 is 18.4 Å². The van der Waals surface area contributed by atoms with Gasteiger partial charge in [-0.25, -0.2) is 13.6 Å². The maximum absolute atomic E-state index is 13.3. The van der Waals surface area contributed by atoms with Gasteiger partial charge in [-0.05, 0) is 38.0 Å². The molecule has 1 atom stereocenters. The third-order valence-corrected chi connectivity index (χ3v) is 4.42. The molecule has 0 bridgehead atoms. The molecule has 6 nitrogen and oxygen atoms in total. The van der Waals surface area contributed by atoms with Crippen LogP contribution in [0.2, 0.25) is 0 Å². The number of rotatable bonds is 5. The van der Waals surface area contributed by atoms with Crippen LogP contribution >= 0.6 is 0 Å². The van der Waals surface area contributed by atoms with Crippen LogP contribution in [0.1, 0.15) is 39.0 Å². The monoisotopic (exact) mass is 328 g/mol. The normalized spacial score (nSPS) is 20.5. The predicted molar refractivity (Wildman–Crippen MR) is 78.7 cm³/mol. The number of piperidine rings is 1. The van der Waals surface area contributed by atoms with Gasteiger partial charge in [0.2, 0.25) is 11.8 Å². The first-order valence-electron chi connectivity index (χ1n) is 7.83. The summed E-state index contributed by atoms with van der Waals surface area (Å²) in [5.41, 5.74) is 0.211. The van der Waals surface area contributed by atoms with Crippen LogP contribution in [0.4, 0.5) is 13.6 Å². The molecule has 1 saturated carbocycles. The Balaban J connectivity index is 1.96. The van der Waals surface area contributed by atoms with E-state index in [1.54, 1.807) is 11.0 Å². The molecule has 23 heavy (non-hydrogen) atoms. The summed E-state index contributed by atoms with van der Waals surface area (Å²) in [6, 6.07) is -0.133. The number of nitrogens with zero attached hydrogens (tertiary/aromatic N) is 2. The Kier molecular flexibility index (Phi) is 5.07. The smallest absolute Gasteiger partial charge is 0.318 e. The highest BCUT2D eigenvalue weighted by Crippen LogP contribution is 2.51. The molecule has 1 aliphatic heterocycles. The Labute approximate surface area is 134 Å². The molecule has 0 aromatic carbocycles. The van der Waals surface area contributed by atoms with Crippen LogP contribution < -0.4 is 10.6 Å². The molecule has 8 heteroatoms. The van der Waals surface area contributed by atoms with E-state index in [9.17, 15) is 18.4 Å². The maximum atomic E-state index is 13.3. The van der Waals surface area contributed by atoms with Crippen molar-refractivity contribution in [3.8, 4) is 6.07 Å². The topological polar surface area (TPSA) is 85.2 Å². The van der Waals surface area contributed by atoms with Crippen LogP contribution in [-0.4, -0.2) is 48.4 Å². The highest BCUT2D eigenvalue weighted by Gasteiger charge is 2.46. The van der Waals surface area contributed by atoms with Crippen LogP contribution in [-0.2, 0) is 4.79 Å². The van der Waals surface area contributed by atoms with Crippen LogP contribution in [0.15, 0.2) is 0 Å². The standard InChI is InChI=1S/C15H22F2N4O2/c1-14(16,17)9-11(12(22)19-7-6-18)20-13(23)21-8-2-3-15(10-21)4-5-15/h11H,2-5,7-10H2,1H3,(H,19,22)(H,20,23)/t11-/m0/s1. The Morgan fingerprint density at radius 1 is 1.39 bits per heavy atom. The van der Waals surface area contributed by atoms with Crippen molar-refractivity contribution in [1.82, 2.24) is 15.5 Å². The van der Waals surface area contributed by atoms with Crippen LogP contribution in [0.3, 0.4) is 0 Å². The lowest BCUT2D eigenvalue weighted by molar-refractivity contribution is -0.125. The minimum absolute atomic E-state index is 0.211. The molecule has 2 N–H and O–H groups in total. The van der Waals surface area contributed by atoms with E-state index < -0.39 is 30.3 Å². The summed E-state index contributed by atoms with van der Waals surface area (Å²) >= 11 is 0. The Hall–Kier alpha value is -1.91. The van der Waals surface area contributed by atoms with Gasteiger partial charge in [-0.2, -0.15) is 5.26 Å². The molecule has 2 aliphatic rings. The first-order chi connectivity index (χ1) is 10.7. The largest absolute Gasteiger partial charge is 0.341 e. The number of nitriles is 1. The van der Waals surface area contributed by atoms with Crippen molar-refractivity contribution in [2.75, 3.05) is 19.6 Å². The molecular weight excluding hydrogens is 306 g/mol. The summed E-state index contributed by atoms with van der Waals surface area (Å²) in [6.07, 6.45) is 3.37. The lowest BCUT2D eigenvalue weighted by atomic mass is 9.95. The van der Waals surface area contributed by atoms with Crippen LogP contribution in [0, 0.1) is 16.7 Å². The lowest BCUT2D eigenvalue weighted by Gasteiger charge is -2.34. The first kappa shape index (κ1) is 17.4. The molecule has 2 rings (SSSR count). The third-order valence-electron chi connectivity index (χ3n) is 4.42. The number of likely N-dealkylation sites (tertiary alicyclic amines) is 1. The zero-order valence-corrected chi connectivity index (χ0v) is 13.2. The van der Waals surface area contributed by atoms with Gasteiger partial charge < -0.3 is 15.5 Å². The highest BCUT2D eigenvalue weighted by atomic mass is 19.3. The SMILES string of the molecule is CC(F)(F)C[C@H](NC(=O)N1CCCC2(CC2)C1)C(=O)NCC#N. The van der Waals surface area contributed by atoms with Gasteiger partial charge in [-0.1, -0.05) is 0 Å². The van der Waals surface area contributed by atoms with Gasteiger partial charge in [0.1, 0.15) is 12.6 Å². The molecule has 1 spiro atoms. The molecule has 2 fully saturated rings. The van der Waals surface area contributed by atoms with Gasteiger partial charge in [0, 0.05) is 19.5 Å². The van der Waals surface area contributed by atoms with E-state index in [2.05, 4.69) is 10.6 Å². The van der Waals surface area contributed by atoms with Gasteiger partial charge in [-0.3, -0.25) is 4.79 Å². The van der Waals surface area contributed by atoms with E-state index in [1.165, 1.54) is 0 Å². The fourth-order valence-corrected chi connectivity index (χ4v) is 3.02. The first-order valence-corrected chi connectivity index (χ1v) is 7.83. The molecule has 0 radical (unpaired) electrons. The molecule has 0 aromatic rings. The zero-order valence-electron chi connectivity index (χ0n) is 13.2. The Morgan fingerprint density at radius 3 is 2.65 bits per heavy atom. The van der Waals surface area contributed by atoms with E-state index >= 15 is 0 Å². The summed E-state index contributed by atoms with van der Waals surface area (Å²) in [5, 5.41) is 13.1. The summed E-state index contributed by atoms with van der Waals surface area (Å²) in [4.78, 5) is 25.8. The van der Waals surface area contributed by atoms with Crippen molar-refractivity contribution >= 4 is 11.9 Å². The van der Waals surface area contributed by atoms with Crippen molar-refractivity contribution in [2.45, 2.75) is 51.0 Å². The molecule has 1 saturated heterocycles. The number of carbonyl (C=O) groups excluding carboxylic acids is 2. The highest BCUT2D eigenvalue weighted by molar-refractivity contribution is 5.87. The third kappa shape index (κ3) is 5.05. The molecule has 3 amide bonds. The number of urea groups is 1. The van der Waals surface area contributed by atoms with Crippen molar-refractivity contribution in [3.05, 3.63) is 0 Å². The van der Waals surface area contributed by atoms with E-state index in [4.69, 9.17) is 5.26 Å². The van der Waals surface area contributed by atoms with Crippen molar-refractivity contribution in [2.24, 2.45) is 5.41 Å². The summed E-state index contributed by atoms with van der Waals surface area (Å²) in [5.74, 6) is -3.86. The number of alkyl halides is 2. The predicted octanol–water partition coefficient (Wildman–Crippen LogP) is 1.63. The summed E-state index contributed by atoms with van der Waals surface area (Å²) in [7, 11) is 0. The summed E-state index contributed by atoms with van der Waals surface area (Å²) in [6.45, 7) is 1.60. The average Bonchev–Trinajstić information content (AvgIpc) is 3.21. The zero-order chi connectivity index (χ0) is 17.1. The quantitative estimate of drug-likeness (QED) is 0.752. The second-order valence-corrected chi connectivity index (χ2v) is 6.68. The van der Waals surface area contributed by atoms with E-state index in [0.717, 1.165) is 25.7 Å². The number of nitrogens with one attached hydrogen (secondary N) is 2. The van der Waals surface area contributed by atoms with Crippen molar-refractivity contribution in [1.29, 1.82) is 5.26 Å². The fourth-order valence-electron chi connectivity index (χ4n) is 3.02. The fraction of sp³-hybridized carbons (Fsp3) is 0.800. The summed E-state index contributed by atoms with van der Waals surface area (Å²) < 4.78 is 26.5. The van der Waals surface area contributed by atoms with Gasteiger partial charge in [0.05, 0.1) is 6.07 Å². The molecule has 1 heterocycles. The Bertz CT molecular complexity index is 509. The maximum Gasteiger partial charge on any atom is 0.318 e. The second-order valence-electron chi connectivity index (χ2n) is 6.68. The van der Waals surface area contributed by atoms with Crippen molar-refractivity contribution in [3.63, 3.8) is 0 Å². The Morgan fingerprint density at radius 2 is 2.09 bits per heavy atom. The number of carbonyl (C=O) groups is 2. The van der Waals surface area contributed by atoms with Gasteiger partial charge in [0.15, 0.2) is 0 Å².